The minimum Gasteiger partial charge on any atom is -0.384 e. The van der Waals surface area contributed by atoms with Crippen LogP contribution in [0.25, 0.3) is 22.2 Å². The highest BCUT2D eigenvalue weighted by atomic mass is 35.5. The minimum atomic E-state index is -0.276. The van der Waals surface area contributed by atoms with E-state index in [4.69, 9.17) is 32.0 Å². The Bertz CT molecular complexity index is 1240. The van der Waals surface area contributed by atoms with Crippen molar-refractivity contribution in [2.24, 2.45) is 0 Å². The van der Waals surface area contributed by atoms with Crippen molar-refractivity contribution < 1.29 is 9.53 Å². The third-order valence-electron chi connectivity index (χ3n) is 5.06. The van der Waals surface area contributed by atoms with Crippen molar-refractivity contribution in [2.45, 2.75) is 19.9 Å². The fourth-order valence-electron chi connectivity index (χ4n) is 3.51. The van der Waals surface area contributed by atoms with Gasteiger partial charge in [-0.05, 0) is 37.1 Å². The van der Waals surface area contributed by atoms with E-state index in [1.807, 2.05) is 55.5 Å². The topological polar surface area (TPSA) is 95.1 Å². The summed E-state index contributed by atoms with van der Waals surface area (Å²) in [7, 11) is 0. The summed E-state index contributed by atoms with van der Waals surface area (Å²) in [5.74, 6) is 0.0361. The number of nitrogens with zero attached hydrogens (tertiary/aromatic N) is 3. The predicted molar refractivity (Wildman–Crippen MR) is 123 cm³/mol. The number of carbonyl (C=O) groups excluding carboxylic acids is 1. The molecule has 0 spiro atoms. The zero-order valence-corrected chi connectivity index (χ0v) is 18.0. The van der Waals surface area contributed by atoms with Gasteiger partial charge < -0.3 is 20.4 Å². The van der Waals surface area contributed by atoms with Gasteiger partial charge in [-0.15, -0.1) is 0 Å². The Balaban J connectivity index is 1.77. The second kappa shape index (κ2) is 9.32. The predicted octanol–water partition coefficient (Wildman–Crippen LogP) is 4.02. The molecule has 3 N–H and O–H groups in total. The van der Waals surface area contributed by atoms with Crippen LogP contribution < -0.4 is 11.1 Å². The van der Waals surface area contributed by atoms with Crippen LogP contribution in [-0.4, -0.2) is 40.2 Å². The molecule has 8 heteroatoms. The van der Waals surface area contributed by atoms with Crippen LogP contribution in [0, 0.1) is 0 Å². The quantitative estimate of drug-likeness (QED) is 0.406. The van der Waals surface area contributed by atoms with Crippen LogP contribution in [0.15, 0.2) is 48.5 Å². The summed E-state index contributed by atoms with van der Waals surface area (Å²) in [5, 5.41) is 3.55. The first kappa shape index (κ1) is 21.1. The summed E-state index contributed by atoms with van der Waals surface area (Å²) in [4.78, 5) is 22.5. The molecule has 160 valence electrons. The van der Waals surface area contributed by atoms with E-state index in [9.17, 15) is 4.79 Å². The Labute approximate surface area is 185 Å². The molecule has 0 unspecified atom stereocenters. The third kappa shape index (κ3) is 4.33. The van der Waals surface area contributed by atoms with Crippen molar-refractivity contribution in [1.82, 2.24) is 19.9 Å². The normalized spacial score (nSPS) is 11.3. The number of para-hydroxylation sites is 2. The largest absolute Gasteiger partial charge is 0.384 e. The van der Waals surface area contributed by atoms with E-state index in [0.29, 0.717) is 65.8 Å². The summed E-state index contributed by atoms with van der Waals surface area (Å²) in [5.41, 5.74) is 10.2. The summed E-state index contributed by atoms with van der Waals surface area (Å²) in [6.07, 6.45) is 0.715. The molecule has 2 heterocycles. The average molecular weight is 438 g/mol. The first-order chi connectivity index (χ1) is 15.1. The fourth-order valence-corrected chi connectivity index (χ4v) is 3.70. The minimum absolute atomic E-state index is 0.276. The van der Waals surface area contributed by atoms with E-state index in [0.717, 1.165) is 11.1 Å². The van der Waals surface area contributed by atoms with Gasteiger partial charge in [0.2, 0.25) is 0 Å². The highest BCUT2D eigenvalue weighted by Gasteiger charge is 2.24. The van der Waals surface area contributed by atoms with E-state index in [-0.39, 0.29) is 5.91 Å². The number of nitrogens with one attached hydrogen (secondary N) is 1. The van der Waals surface area contributed by atoms with Gasteiger partial charge in [-0.25, -0.2) is 9.97 Å². The highest BCUT2D eigenvalue weighted by Crippen LogP contribution is 2.29. The molecule has 7 nitrogen and oxygen atoms in total. The molecule has 0 aliphatic heterocycles. The first-order valence-electron chi connectivity index (χ1n) is 10.2. The van der Waals surface area contributed by atoms with Gasteiger partial charge in [0, 0.05) is 24.8 Å². The number of fused-ring (bicyclic) bond motifs is 2. The number of anilines is 1. The van der Waals surface area contributed by atoms with Gasteiger partial charge in [0.15, 0.2) is 5.65 Å². The Morgan fingerprint density at radius 2 is 1.84 bits per heavy atom. The number of nitrogen functional groups attached to an aromatic ring is 1. The molecule has 0 radical (unpaired) electrons. The molecule has 2 aromatic carbocycles. The van der Waals surface area contributed by atoms with Gasteiger partial charge in [0.05, 0.1) is 17.6 Å². The summed E-state index contributed by atoms with van der Waals surface area (Å²) in [6.45, 7) is 4.04. The second-order valence-electron chi connectivity index (χ2n) is 7.13. The molecule has 31 heavy (non-hydrogen) atoms. The maximum Gasteiger partial charge on any atom is 0.257 e. The lowest BCUT2D eigenvalue weighted by Gasteiger charge is -2.10. The standard InChI is InChI=1S/C23H24ClN5O2/c1-2-31-13-7-12-26-23(30)19-20-22(28-18-11-6-5-10-17(18)27-20)29(21(19)25)14-15-8-3-4-9-16(15)24/h3-6,8-11H,2,7,12-14,25H2,1H3,(H,26,30). The lowest BCUT2D eigenvalue weighted by atomic mass is 10.2. The molecule has 0 fully saturated rings. The maximum atomic E-state index is 13.0. The zero-order valence-electron chi connectivity index (χ0n) is 17.3. The van der Waals surface area contributed by atoms with Crippen LogP contribution in [-0.2, 0) is 11.3 Å². The smallest absolute Gasteiger partial charge is 0.257 e. The van der Waals surface area contributed by atoms with E-state index in [1.165, 1.54) is 0 Å². The van der Waals surface area contributed by atoms with Gasteiger partial charge in [-0.3, -0.25) is 4.79 Å². The monoisotopic (exact) mass is 437 g/mol. The van der Waals surface area contributed by atoms with Gasteiger partial charge in [0.1, 0.15) is 16.9 Å². The molecule has 0 atom stereocenters. The van der Waals surface area contributed by atoms with Gasteiger partial charge >= 0.3 is 0 Å². The molecule has 2 aromatic heterocycles. The molecular formula is C23H24ClN5O2. The number of hydrogen-bond donors (Lipinski definition) is 2. The Morgan fingerprint density at radius 3 is 2.58 bits per heavy atom. The van der Waals surface area contributed by atoms with Gasteiger partial charge in [-0.1, -0.05) is 41.9 Å². The van der Waals surface area contributed by atoms with Crippen LogP contribution in [0.5, 0.6) is 0 Å². The molecular weight excluding hydrogens is 414 g/mol. The molecule has 0 saturated heterocycles. The number of amides is 1. The Kier molecular flexibility index (Phi) is 6.34. The molecule has 0 bridgehead atoms. The summed E-state index contributed by atoms with van der Waals surface area (Å²) >= 11 is 6.37. The third-order valence-corrected chi connectivity index (χ3v) is 5.43. The lowest BCUT2D eigenvalue weighted by Crippen LogP contribution is -2.26. The van der Waals surface area contributed by atoms with Gasteiger partial charge in [-0.2, -0.15) is 0 Å². The molecule has 4 rings (SSSR count). The SMILES string of the molecule is CCOCCCNC(=O)c1c(N)n(Cc2ccccc2Cl)c2nc3ccccc3nc12. The molecule has 0 aliphatic carbocycles. The zero-order chi connectivity index (χ0) is 21.8. The number of halogens is 1. The van der Waals surface area contributed by atoms with Crippen molar-refractivity contribution in [3.63, 3.8) is 0 Å². The lowest BCUT2D eigenvalue weighted by molar-refractivity contribution is 0.0946. The van der Waals surface area contributed by atoms with E-state index < -0.39 is 0 Å². The van der Waals surface area contributed by atoms with E-state index in [1.54, 1.807) is 4.57 Å². The van der Waals surface area contributed by atoms with Crippen molar-refractivity contribution in [3.8, 4) is 0 Å². The number of ether oxygens (including phenoxy) is 1. The molecule has 0 saturated carbocycles. The van der Waals surface area contributed by atoms with E-state index >= 15 is 0 Å². The maximum absolute atomic E-state index is 13.0. The van der Waals surface area contributed by atoms with Crippen LogP contribution in [0.4, 0.5) is 5.82 Å². The van der Waals surface area contributed by atoms with Crippen molar-refractivity contribution in [3.05, 3.63) is 64.7 Å². The average Bonchev–Trinajstić information content (AvgIpc) is 3.04. The molecule has 4 aromatic rings. The second-order valence-corrected chi connectivity index (χ2v) is 7.54. The van der Waals surface area contributed by atoms with Gasteiger partial charge in [0.25, 0.3) is 5.91 Å². The Hall–Kier alpha value is -3.16. The van der Waals surface area contributed by atoms with Crippen molar-refractivity contribution in [2.75, 3.05) is 25.5 Å². The van der Waals surface area contributed by atoms with Crippen LogP contribution in [0.2, 0.25) is 5.02 Å². The number of hydrogen-bond acceptors (Lipinski definition) is 5. The first-order valence-corrected chi connectivity index (χ1v) is 10.6. The summed E-state index contributed by atoms with van der Waals surface area (Å²) in [6, 6.07) is 15.1. The number of nitrogens with two attached hydrogens (primary N) is 1. The Morgan fingerprint density at radius 1 is 1.13 bits per heavy atom. The molecule has 0 aliphatic rings. The number of aromatic nitrogens is 3. The van der Waals surface area contributed by atoms with Crippen molar-refractivity contribution >= 4 is 45.5 Å². The van der Waals surface area contributed by atoms with Crippen LogP contribution >= 0.6 is 11.6 Å². The molecule has 1 amide bonds. The summed E-state index contributed by atoms with van der Waals surface area (Å²) < 4.78 is 7.13. The van der Waals surface area contributed by atoms with Crippen LogP contribution in [0.3, 0.4) is 0 Å². The number of rotatable bonds is 8. The van der Waals surface area contributed by atoms with Crippen molar-refractivity contribution in [1.29, 1.82) is 0 Å². The van der Waals surface area contributed by atoms with Crippen LogP contribution in [0.1, 0.15) is 29.3 Å². The van der Waals surface area contributed by atoms with E-state index in [2.05, 4.69) is 5.32 Å². The fraction of sp³-hybridized carbons (Fsp3) is 0.261. The highest BCUT2D eigenvalue weighted by molar-refractivity contribution is 6.31. The number of carbonyl (C=O) groups is 1. The number of benzene rings is 2.